The smallest absolute Gasteiger partial charge is 0.251 e. The van der Waals surface area contributed by atoms with Gasteiger partial charge in [-0.3, -0.25) is 24.4 Å². The zero-order valence-corrected chi connectivity index (χ0v) is 17.1. The van der Waals surface area contributed by atoms with Gasteiger partial charge in [0.2, 0.25) is 0 Å². The van der Waals surface area contributed by atoms with Gasteiger partial charge in [0.05, 0.1) is 35.5 Å². The van der Waals surface area contributed by atoms with Gasteiger partial charge in [-0.15, -0.1) is 0 Å². The number of aryl methyl sites for hydroxylation is 3. The largest absolute Gasteiger partial charge is 0.346 e. The van der Waals surface area contributed by atoms with E-state index in [1.807, 2.05) is 63.5 Å². The minimum absolute atomic E-state index is 0.185. The van der Waals surface area contributed by atoms with Crippen LogP contribution < -0.4 is 5.32 Å². The number of carbonyl (C=O) groups is 1. The van der Waals surface area contributed by atoms with Crippen LogP contribution in [0, 0.1) is 13.8 Å². The highest BCUT2D eigenvalue weighted by Gasteiger charge is 2.13. The van der Waals surface area contributed by atoms with Crippen molar-refractivity contribution in [2.75, 3.05) is 0 Å². The molecule has 3 heterocycles. The number of aromatic nitrogens is 5. The van der Waals surface area contributed by atoms with Crippen LogP contribution in [0.25, 0.3) is 22.5 Å². The number of hydrogen-bond acceptors (Lipinski definition) is 5. The average Bonchev–Trinajstić information content (AvgIpc) is 3.19. The highest BCUT2D eigenvalue weighted by molar-refractivity contribution is 5.97. The first-order valence-electron chi connectivity index (χ1n) is 9.62. The van der Waals surface area contributed by atoms with E-state index in [1.54, 1.807) is 23.3 Å². The molecule has 7 nitrogen and oxygen atoms in total. The second kappa shape index (κ2) is 8.24. The molecule has 0 saturated heterocycles. The van der Waals surface area contributed by atoms with Gasteiger partial charge < -0.3 is 5.32 Å². The molecular formula is C23H22N6O. The van der Waals surface area contributed by atoms with E-state index in [0.717, 1.165) is 33.8 Å². The Hall–Kier alpha value is -3.87. The van der Waals surface area contributed by atoms with Crippen molar-refractivity contribution in [3.8, 4) is 22.5 Å². The molecule has 0 bridgehead atoms. The van der Waals surface area contributed by atoms with Crippen molar-refractivity contribution >= 4 is 5.91 Å². The van der Waals surface area contributed by atoms with Gasteiger partial charge in [0.15, 0.2) is 0 Å². The normalized spacial score (nSPS) is 10.8. The van der Waals surface area contributed by atoms with Crippen LogP contribution in [0.1, 0.15) is 27.3 Å². The monoisotopic (exact) mass is 398 g/mol. The van der Waals surface area contributed by atoms with Gasteiger partial charge in [0.1, 0.15) is 0 Å². The van der Waals surface area contributed by atoms with E-state index in [4.69, 9.17) is 0 Å². The van der Waals surface area contributed by atoms with E-state index in [9.17, 15) is 4.79 Å². The zero-order chi connectivity index (χ0) is 21.1. The lowest BCUT2D eigenvalue weighted by molar-refractivity contribution is 0.0950. The van der Waals surface area contributed by atoms with E-state index < -0.39 is 0 Å². The van der Waals surface area contributed by atoms with Crippen molar-refractivity contribution in [1.29, 1.82) is 0 Å². The van der Waals surface area contributed by atoms with Crippen LogP contribution in [-0.2, 0) is 13.6 Å². The second-order valence-corrected chi connectivity index (χ2v) is 7.19. The Labute approximate surface area is 174 Å². The molecule has 150 valence electrons. The Balaban J connectivity index is 1.68. The van der Waals surface area contributed by atoms with Crippen LogP contribution in [0.15, 0.2) is 61.2 Å². The predicted octanol–water partition coefficient (Wildman–Crippen LogP) is 3.49. The van der Waals surface area contributed by atoms with Crippen LogP contribution in [0.3, 0.4) is 0 Å². The van der Waals surface area contributed by atoms with E-state index >= 15 is 0 Å². The van der Waals surface area contributed by atoms with Crippen LogP contribution in [0.4, 0.5) is 0 Å². The molecule has 1 N–H and O–H groups in total. The molecule has 1 aromatic carbocycles. The van der Waals surface area contributed by atoms with Crippen molar-refractivity contribution in [1.82, 2.24) is 30.0 Å². The van der Waals surface area contributed by atoms with E-state index in [1.165, 1.54) is 0 Å². The molecule has 0 aliphatic carbocycles. The fourth-order valence-corrected chi connectivity index (χ4v) is 3.13. The minimum Gasteiger partial charge on any atom is -0.346 e. The summed E-state index contributed by atoms with van der Waals surface area (Å²) in [7, 11) is 1.88. The zero-order valence-electron chi connectivity index (χ0n) is 17.1. The summed E-state index contributed by atoms with van der Waals surface area (Å²) in [6.07, 6.45) is 6.92. The van der Waals surface area contributed by atoms with Crippen molar-refractivity contribution < 1.29 is 4.79 Å². The summed E-state index contributed by atoms with van der Waals surface area (Å²) in [5.41, 5.74) is 6.67. The third kappa shape index (κ3) is 4.25. The molecule has 0 fully saturated rings. The Morgan fingerprint density at radius 1 is 0.967 bits per heavy atom. The first-order chi connectivity index (χ1) is 14.5. The summed E-state index contributed by atoms with van der Waals surface area (Å²) in [5.74, 6) is -0.185. The Kier molecular flexibility index (Phi) is 5.34. The molecular weight excluding hydrogens is 376 g/mol. The van der Waals surface area contributed by atoms with Crippen LogP contribution >= 0.6 is 0 Å². The summed E-state index contributed by atoms with van der Waals surface area (Å²) >= 11 is 0. The first kappa shape index (κ1) is 19.4. The fraction of sp³-hybridized carbons (Fsp3) is 0.174. The van der Waals surface area contributed by atoms with Crippen LogP contribution in [0.2, 0.25) is 0 Å². The predicted molar refractivity (Wildman–Crippen MR) is 115 cm³/mol. The molecule has 3 aromatic heterocycles. The molecule has 4 rings (SSSR count). The summed E-state index contributed by atoms with van der Waals surface area (Å²) in [6, 6.07) is 11.6. The molecule has 30 heavy (non-hydrogen) atoms. The quantitative estimate of drug-likeness (QED) is 0.556. The maximum atomic E-state index is 12.9. The van der Waals surface area contributed by atoms with Crippen LogP contribution in [-0.4, -0.2) is 30.6 Å². The van der Waals surface area contributed by atoms with Gasteiger partial charge in [0.25, 0.3) is 5.91 Å². The van der Waals surface area contributed by atoms with Crippen molar-refractivity contribution in [2.24, 2.45) is 7.05 Å². The fourth-order valence-electron chi connectivity index (χ4n) is 3.13. The number of carbonyl (C=O) groups excluding carboxylic acids is 1. The molecule has 0 atom stereocenters. The van der Waals surface area contributed by atoms with E-state index in [-0.39, 0.29) is 5.91 Å². The van der Waals surface area contributed by atoms with Gasteiger partial charge in [-0.1, -0.05) is 6.07 Å². The van der Waals surface area contributed by atoms with Gasteiger partial charge >= 0.3 is 0 Å². The lowest BCUT2D eigenvalue weighted by Crippen LogP contribution is -2.23. The summed E-state index contributed by atoms with van der Waals surface area (Å²) in [5, 5.41) is 7.18. The maximum absolute atomic E-state index is 12.9. The summed E-state index contributed by atoms with van der Waals surface area (Å²) < 4.78 is 1.78. The van der Waals surface area contributed by atoms with Crippen molar-refractivity contribution in [3.63, 3.8) is 0 Å². The first-order valence-corrected chi connectivity index (χ1v) is 9.62. The molecule has 0 saturated carbocycles. The number of nitrogens with zero attached hydrogens (tertiary/aromatic N) is 5. The third-order valence-corrected chi connectivity index (χ3v) is 4.78. The number of hydrogen-bond donors (Lipinski definition) is 1. The Morgan fingerprint density at radius 2 is 1.80 bits per heavy atom. The topological polar surface area (TPSA) is 85.6 Å². The lowest BCUT2D eigenvalue weighted by Gasteiger charge is -2.11. The highest BCUT2D eigenvalue weighted by atomic mass is 16.1. The molecule has 7 heteroatoms. The average molecular weight is 398 g/mol. The maximum Gasteiger partial charge on any atom is 0.251 e. The minimum atomic E-state index is -0.185. The molecule has 0 aliphatic rings. The molecule has 0 spiro atoms. The van der Waals surface area contributed by atoms with Gasteiger partial charge in [-0.25, -0.2) is 0 Å². The van der Waals surface area contributed by atoms with Gasteiger partial charge in [-0.05, 0) is 49.7 Å². The van der Waals surface area contributed by atoms with E-state index in [0.29, 0.717) is 17.8 Å². The summed E-state index contributed by atoms with van der Waals surface area (Å²) in [6.45, 7) is 4.18. The number of amides is 1. The molecule has 0 unspecified atom stereocenters. The highest BCUT2D eigenvalue weighted by Crippen LogP contribution is 2.27. The van der Waals surface area contributed by atoms with E-state index in [2.05, 4.69) is 25.4 Å². The number of rotatable bonds is 5. The standard InChI is InChI=1S/C23H22N6O/c1-15-4-5-21(26-11-15)17-8-18(22-6-7-28-29(22)3)10-19(9-17)23(30)27-14-20-13-24-16(2)12-25-20/h4-13H,14H2,1-3H3,(H,27,30). The van der Waals surface area contributed by atoms with Gasteiger partial charge in [0, 0.05) is 42.3 Å². The Morgan fingerprint density at radius 3 is 2.47 bits per heavy atom. The molecule has 4 aromatic rings. The van der Waals surface area contributed by atoms with Crippen molar-refractivity contribution in [2.45, 2.75) is 20.4 Å². The summed E-state index contributed by atoms with van der Waals surface area (Å²) in [4.78, 5) is 26.0. The molecule has 0 aliphatic heterocycles. The van der Waals surface area contributed by atoms with Gasteiger partial charge in [-0.2, -0.15) is 5.10 Å². The number of benzene rings is 1. The van der Waals surface area contributed by atoms with Crippen molar-refractivity contribution in [3.05, 3.63) is 83.7 Å². The lowest BCUT2D eigenvalue weighted by atomic mass is 10.0. The van der Waals surface area contributed by atoms with Crippen LogP contribution in [0.5, 0.6) is 0 Å². The SMILES string of the molecule is Cc1ccc(-c2cc(C(=O)NCc3cnc(C)cn3)cc(-c3ccnn3C)c2)nc1. The molecule has 1 amide bonds. The second-order valence-electron chi connectivity index (χ2n) is 7.19. The Bertz CT molecular complexity index is 1180. The number of pyridine rings is 1. The third-order valence-electron chi connectivity index (χ3n) is 4.78. The molecule has 0 radical (unpaired) electrons. The number of nitrogens with one attached hydrogen (secondary N) is 1.